The Morgan fingerprint density at radius 3 is 2.45 bits per heavy atom. The van der Waals surface area contributed by atoms with Crippen molar-refractivity contribution in [3.8, 4) is 0 Å². The first-order valence-electron chi connectivity index (χ1n) is 8.57. The normalized spacial score (nSPS) is 20.7. The van der Waals surface area contributed by atoms with Gasteiger partial charge in [0.2, 0.25) is 0 Å². The van der Waals surface area contributed by atoms with Gasteiger partial charge in [-0.1, -0.05) is 67.1 Å². The van der Waals surface area contributed by atoms with Crippen LogP contribution < -0.4 is 0 Å². The van der Waals surface area contributed by atoms with Gasteiger partial charge in [0.1, 0.15) is 0 Å². The maximum atomic E-state index is 2.70. The fourth-order valence-corrected chi connectivity index (χ4v) is 3.59. The van der Waals surface area contributed by atoms with Gasteiger partial charge in [-0.2, -0.15) is 0 Å². The molecule has 0 saturated carbocycles. The Morgan fingerprint density at radius 1 is 1.05 bits per heavy atom. The number of rotatable bonds is 4. The van der Waals surface area contributed by atoms with Crippen molar-refractivity contribution < 1.29 is 0 Å². The Morgan fingerprint density at radius 2 is 1.77 bits per heavy atom. The molecule has 116 valence electrons. The SMILES string of the molecule is Cc1ccc([C@H](Cc2ccccc2)N2CCC[C@H](C)C2)cc1. The lowest BCUT2D eigenvalue weighted by molar-refractivity contribution is 0.129. The highest BCUT2D eigenvalue weighted by molar-refractivity contribution is 5.27. The minimum Gasteiger partial charge on any atom is -0.296 e. The third-order valence-electron chi connectivity index (χ3n) is 4.86. The van der Waals surface area contributed by atoms with Crippen molar-refractivity contribution in [3.63, 3.8) is 0 Å². The molecular formula is C21H27N. The van der Waals surface area contributed by atoms with Crippen LogP contribution >= 0.6 is 0 Å². The lowest BCUT2D eigenvalue weighted by atomic mass is 9.92. The zero-order valence-corrected chi connectivity index (χ0v) is 13.8. The molecule has 0 spiro atoms. The average molecular weight is 293 g/mol. The minimum absolute atomic E-state index is 0.505. The van der Waals surface area contributed by atoms with Gasteiger partial charge in [0.15, 0.2) is 0 Å². The Kier molecular flexibility index (Phi) is 4.94. The van der Waals surface area contributed by atoms with E-state index in [-0.39, 0.29) is 0 Å². The summed E-state index contributed by atoms with van der Waals surface area (Å²) < 4.78 is 0. The van der Waals surface area contributed by atoms with Gasteiger partial charge in [-0.05, 0) is 49.8 Å². The number of likely N-dealkylation sites (tertiary alicyclic amines) is 1. The van der Waals surface area contributed by atoms with E-state index in [4.69, 9.17) is 0 Å². The third-order valence-corrected chi connectivity index (χ3v) is 4.86. The predicted molar refractivity (Wildman–Crippen MR) is 94.0 cm³/mol. The second-order valence-corrected chi connectivity index (χ2v) is 6.86. The summed E-state index contributed by atoms with van der Waals surface area (Å²) in [5.41, 5.74) is 4.24. The molecule has 1 saturated heterocycles. The molecule has 1 aliphatic heterocycles. The Bertz CT molecular complexity index is 573. The van der Waals surface area contributed by atoms with Gasteiger partial charge in [0.05, 0.1) is 0 Å². The molecule has 2 aromatic rings. The number of hydrogen-bond acceptors (Lipinski definition) is 1. The maximum Gasteiger partial charge on any atom is 0.0388 e. The summed E-state index contributed by atoms with van der Waals surface area (Å²) in [6, 6.07) is 20.6. The van der Waals surface area contributed by atoms with Crippen molar-refractivity contribution >= 4 is 0 Å². The summed E-state index contributed by atoms with van der Waals surface area (Å²) in [5, 5.41) is 0. The van der Waals surface area contributed by atoms with Crippen molar-refractivity contribution in [1.29, 1.82) is 0 Å². The van der Waals surface area contributed by atoms with Gasteiger partial charge in [0.25, 0.3) is 0 Å². The molecule has 1 heterocycles. The van der Waals surface area contributed by atoms with Gasteiger partial charge < -0.3 is 0 Å². The number of hydrogen-bond donors (Lipinski definition) is 0. The summed E-state index contributed by atoms with van der Waals surface area (Å²) in [5.74, 6) is 0.817. The zero-order chi connectivity index (χ0) is 15.4. The molecule has 2 atom stereocenters. The summed E-state index contributed by atoms with van der Waals surface area (Å²) in [7, 11) is 0. The molecular weight excluding hydrogens is 266 g/mol. The van der Waals surface area contributed by atoms with Crippen LogP contribution in [-0.4, -0.2) is 18.0 Å². The molecule has 1 fully saturated rings. The van der Waals surface area contributed by atoms with Gasteiger partial charge in [0, 0.05) is 12.6 Å². The van der Waals surface area contributed by atoms with Crippen molar-refractivity contribution in [2.45, 2.75) is 39.2 Å². The molecule has 0 radical (unpaired) electrons. The molecule has 1 nitrogen and oxygen atoms in total. The second-order valence-electron chi connectivity index (χ2n) is 6.86. The van der Waals surface area contributed by atoms with Gasteiger partial charge in [-0.25, -0.2) is 0 Å². The molecule has 1 heteroatoms. The van der Waals surface area contributed by atoms with Crippen LogP contribution in [-0.2, 0) is 6.42 Å². The molecule has 3 rings (SSSR count). The van der Waals surface area contributed by atoms with E-state index in [1.807, 2.05) is 0 Å². The highest BCUT2D eigenvalue weighted by atomic mass is 15.2. The molecule has 0 bridgehead atoms. The first-order chi connectivity index (χ1) is 10.7. The van der Waals surface area contributed by atoms with Crippen molar-refractivity contribution in [3.05, 3.63) is 71.3 Å². The van der Waals surface area contributed by atoms with E-state index < -0.39 is 0 Å². The van der Waals surface area contributed by atoms with Gasteiger partial charge >= 0.3 is 0 Å². The van der Waals surface area contributed by atoms with Crippen molar-refractivity contribution in [2.24, 2.45) is 5.92 Å². The molecule has 0 amide bonds. The van der Waals surface area contributed by atoms with Crippen molar-refractivity contribution in [2.75, 3.05) is 13.1 Å². The minimum atomic E-state index is 0.505. The number of benzene rings is 2. The average Bonchev–Trinajstić information content (AvgIpc) is 2.55. The van der Waals surface area contributed by atoms with Crippen LogP contribution in [0.5, 0.6) is 0 Å². The van der Waals surface area contributed by atoms with E-state index >= 15 is 0 Å². The third kappa shape index (κ3) is 3.78. The lowest BCUT2D eigenvalue weighted by Gasteiger charge is -2.38. The standard InChI is InChI=1S/C21H27N/c1-17-10-12-20(13-11-17)21(15-19-8-4-3-5-9-19)22-14-6-7-18(2)16-22/h3-5,8-13,18,21H,6-7,14-16H2,1-2H3/t18-,21-/m0/s1. The molecule has 0 unspecified atom stereocenters. The quantitative estimate of drug-likeness (QED) is 0.766. The van der Waals surface area contributed by atoms with E-state index in [9.17, 15) is 0 Å². The summed E-state index contributed by atoms with van der Waals surface area (Å²) in [6.45, 7) is 7.01. The molecule has 1 aliphatic rings. The fourth-order valence-electron chi connectivity index (χ4n) is 3.59. The zero-order valence-electron chi connectivity index (χ0n) is 13.8. The molecule has 2 aromatic carbocycles. The van der Waals surface area contributed by atoms with Crippen LogP contribution in [0.25, 0.3) is 0 Å². The highest BCUT2D eigenvalue weighted by Gasteiger charge is 2.25. The van der Waals surface area contributed by atoms with Crippen LogP contribution in [0.2, 0.25) is 0 Å². The predicted octanol–water partition coefficient (Wildman–Crippen LogP) is 5.01. The van der Waals surface area contributed by atoms with E-state index in [1.165, 1.54) is 42.6 Å². The summed E-state index contributed by atoms with van der Waals surface area (Å²) in [4.78, 5) is 2.70. The van der Waals surface area contributed by atoms with Crippen LogP contribution in [0.4, 0.5) is 0 Å². The van der Waals surface area contributed by atoms with Crippen LogP contribution in [0.15, 0.2) is 54.6 Å². The van der Waals surface area contributed by atoms with Crippen molar-refractivity contribution in [1.82, 2.24) is 4.90 Å². The molecule has 0 N–H and O–H groups in total. The van der Waals surface area contributed by atoms with Crippen LogP contribution in [0, 0.1) is 12.8 Å². The smallest absolute Gasteiger partial charge is 0.0388 e. The molecule has 0 aromatic heterocycles. The van der Waals surface area contributed by atoms with Gasteiger partial charge in [-0.15, -0.1) is 0 Å². The van der Waals surface area contributed by atoms with Crippen LogP contribution in [0.3, 0.4) is 0 Å². The molecule has 22 heavy (non-hydrogen) atoms. The highest BCUT2D eigenvalue weighted by Crippen LogP contribution is 2.30. The number of aryl methyl sites for hydroxylation is 1. The Balaban J connectivity index is 1.85. The molecule has 0 aliphatic carbocycles. The fraction of sp³-hybridized carbons (Fsp3) is 0.429. The first kappa shape index (κ1) is 15.3. The van der Waals surface area contributed by atoms with E-state index in [0.29, 0.717) is 6.04 Å². The van der Waals surface area contributed by atoms with Crippen LogP contribution in [0.1, 0.15) is 42.5 Å². The topological polar surface area (TPSA) is 3.24 Å². The first-order valence-corrected chi connectivity index (χ1v) is 8.57. The van der Waals surface area contributed by atoms with E-state index in [1.54, 1.807) is 0 Å². The lowest BCUT2D eigenvalue weighted by Crippen LogP contribution is -2.38. The number of piperidine rings is 1. The Labute approximate surface area is 135 Å². The van der Waals surface area contributed by atoms with E-state index in [2.05, 4.69) is 73.3 Å². The summed E-state index contributed by atoms with van der Waals surface area (Å²) in [6.07, 6.45) is 3.82. The number of nitrogens with zero attached hydrogens (tertiary/aromatic N) is 1. The van der Waals surface area contributed by atoms with E-state index in [0.717, 1.165) is 12.3 Å². The maximum absolute atomic E-state index is 2.70. The second kappa shape index (κ2) is 7.11. The summed E-state index contributed by atoms with van der Waals surface area (Å²) >= 11 is 0. The largest absolute Gasteiger partial charge is 0.296 e. The monoisotopic (exact) mass is 293 g/mol. The van der Waals surface area contributed by atoms with Gasteiger partial charge in [-0.3, -0.25) is 4.90 Å². The Hall–Kier alpha value is -1.60.